The van der Waals surface area contributed by atoms with Gasteiger partial charge in [-0.1, -0.05) is 60.7 Å². The first-order chi connectivity index (χ1) is 9.15. The van der Waals surface area contributed by atoms with Crippen molar-refractivity contribution < 1.29 is 9.59 Å². The molecule has 98 valence electrons. The molecule has 4 heteroatoms. The Morgan fingerprint density at radius 3 is 1.42 bits per heavy atom. The van der Waals surface area contributed by atoms with E-state index in [1.165, 1.54) is 7.05 Å². The number of urea groups is 1. The zero-order valence-corrected chi connectivity index (χ0v) is 10.7. The van der Waals surface area contributed by atoms with Crippen molar-refractivity contribution in [2.24, 2.45) is 5.73 Å². The van der Waals surface area contributed by atoms with E-state index in [4.69, 9.17) is 0 Å². The minimum atomic E-state index is -0.495. The van der Waals surface area contributed by atoms with Gasteiger partial charge in [0.1, 0.15) is 0 Å². The molecule has 0 spiro atoms. The van der Waals surface area contributed by atoms with Crippen LogP contribution in [-0.4, -0.2) is 18.9 Å². The van der Waals surface area contributed by atoms with Crippen molar-refractivity contribution in [1.82, 2.24) is 5.32 Å². The molecule has 0 bridgehead atoms. The molecule has 0 heterocycles. The molecule has 0 saturated carbocycles. The standard InChI is InChI=1S/C13H10O.C2H6N2O/c14-13(11-7-3-1-4-8-11)12-9-5-2-6-10-12;1-4-2(3)5/h1-10H;1H3,(H3,3,4,5). The molecule has 0 aliphatic carbocycles. The highest BCUT2D eigenvalue weighted by atomic mass is 16.2. The van der Waals surface area contributed by atoms with E-state index in [1.807, 2.05) is 60.7 Å². The van der Waals surface area contributed by atoms with Crippen LogP contribution in [0.3, 0.4) is 0 Å². The number of carbonyl (C=O) groups excluding carboxylic acids is 2. The SMILES string of the molecule is CNC(N)=O.O=C(c1ccccc1)c1ccccc1. The number of hydrogen-bond acceptors (Lipinski definition) is 2. The fraction of sp³-hybridized carbons (Fsp3) is 0.0667. The molecule has 2 amide bonds. The lowest BCUT2D eigenvalue weighted by molar-refractivity contribution is 0.103. The molecule has 0 aliphatic rings. The topological polar surface area (TPSA) is 72.2 Å². The Morgan fingerprint density at radius 2 is 1.16 bits per heavy atom. The van der Waals surface area contributed by atoms with Gasteiger partial charge in [-0.3, -0.25) is 4.79 Å². The normalized spacial score (nSPS) is 8.89. The number of ketones is 1. The summed E-state index contributed by atoms with van der Waals surface area (Å²) in [7, 11) is 1.47. The summed E-state index contributed by atoms with van der Waals surface area (Å²) in [5.74, 6) is 0.0752. The highest BCUT2D eigenvalue weighted by molar-refractivity contribution is 6.08. The first-order valence-electron chi connectivity index (χ1n) is 5.77. The van der Waals surface area contributed by atoms with E-state index in [1.54, 1.807) is 0 Å². The second-order valence-corrected chi connectivity index (χ2v) is 3.68. The molecule has 19 heavy (non-hydrogen) atoms. The second kappa shape index (κ2) is 7.66. The van der Waals surface area contributed by atoms with Gasteiger partial charge in [0.25, 0.3) is 0 Å². The molecular formula is C15H16N2O2. The van der Waals surface area contributed by atoms with Gasteiger partial charge in [-0.05, 0) is 0 Å². The van der Waals surface area contributed by atoms with E-state index in [2.05, 4.69) is 11.1 Å². The molecule has 0 fully saturated rings. The van der Waals surface area contributed by atoms with E-state index >= 15 is 0 Å². The Balaban J connectivity index is 0.000000312. The molecule has 0 radical (unpaired) electrons. The van der Waals surface area contributed by atoms with Gasteiger partial charge in [-0.25, -0.2) is 4.79 Å². The fourth-order valence-corrected chi connectivity index (χ4v) is 1.35. The minimum absolute atomic E-state index is 0.0752. The maximum atomic E-state index is 11.8. The average molecular weight is 256 g/mol. The van der Waals surface area contributed by atoms with Gasteiger partial charge in [-0.15, -0.1) is 0 Å². The summed E-state index contributed by atoms with van der Waals surface area (Å²) in [5, 5.41) is 2.17. The quantitative estimate of drug-likeness (QED) is 0.808. The van der Waals surface area contributed by atoms with Crippen LogP contribution in [0.1, 0.15) is 15.9 Å². The maximum absolute atomic E-state index is 11.8. The first kappa shape index (κ1) is 14.4. The molecule has 4 nitrogen and oxygen atoms in total. The molecule has 0 saturated heterocycles. The highest BCUT2D eigenvalue weighted by Crippen LogP contribution is 2.08. The summed E-state index contributed by atoms with van der Waals surface area (Å²) in [5.41, 5.74) is 6.01. The van der Waals surface area contributed by atoms with E-state index < -0.39 is 6.03 Å². The zero-order valence-electron chi connectivity index (χ0n) is 10.7. The Kier molecular flexibility index (Phi) is 5.82. The van der Waals surface area contributed by atoms with E-state index in [9.17, 15) is 9.59 Å². The first-order valence-corrected chi connectivity index (χ1v) is 5.77. The lowest BCUT2D eigenvalue weighted by Crippen LogP contribution is -2.24. The molecule has 2 aromatic carbocycles. The molecule has 2 rings (SSSR count). The van der Waals surface area contributed by atoms with Crippen molar-refractivity contribution in [3.05, 3.63) is 71.8 Å². The summed E-state index contributed by atoms with van der Waals surface area (Å²) in [6.07, 6.45) is 0. The molecule has 3 N–H and O–H groups in total. The van der Waals surface area contributed by atoms with Crippen LogP contribution in [0.2, 0.25) is 0 Å². The third-order valence-corrected chi connectivity index (χ3v) is 2.32. The number of nitrogens with two attached hydrogens (primary N) is 1. The summed E-state index contributed by atoms with van der Waals surface area (Å²) in [6.45, 7) is 0. The maximum Gasteiger partial charge on any atom is 0.311 e. The van der Waals surface area contributed by atoms with Crippen molar-refractivity contribution in [3.8, 4) is 0 Å². The number of primary amides is 1. The number of amides is 2. The Morgan fingerprint density at radius 1 is 0.842 bits per heavy atom. The molecular weight excluding hydrogens is 240 g/mol. The molecule has 2 aromatic rings. The number of hydrogen-bond donors (Lipinski definition) is 2. The summed E-state index contributed by atoms with van der Waals surface area (Å²) in [4.78, 5) is 21.3. The van der Waals surface area contributed by atoms with Crippen molar-refractivity contribution in [2.75, 3.05) is 7.05 Å². The third-order valence-electron chi connectivity index (χ3n) is 2.32. The van der Waals surface area contributed by atoms with E-state index in [-0.39, 0.29) is 5.78 Å². The monoisotopic (exact) mass is 256 g/mol. The fourth-order valence-electron chi connectivity index (χ4n) is 1.35. The van der Waals surface area contributed by atoms with Crippen molar-refractivity contribution >= 4 is 11.8 Å². The third kappa shape index (κ3) is 5.04. The Bertz CT molecular complexity index is 483. The van der Waals surface area contributed by atoms with Crippen LogP contribution in [0.4, 0.5) is 4.79 Å². The predicted octanol–water partition coefficient (Wildman–Crippen LogP) is 2.20. The largest absolute Gasteiger partial charge is 0.352 e. The number of rotatable bonds is 2. The van der Waals surface area contributed by atoms with Crippen molar-refractivity contribution in [3.63, 3.8) is 0 Å². The smallest absolute Gasteiger partial charge is 0.311 e. The van der Waals surface area contributed by atoms with Crippen LogP contribution in [0.5, 0.6) is 0 Å². The van der Waals surface area contributed by atoms with Gasteiger partial charge in [0.05, 0.1) is 0 Å². The number of nitrogens with one attached hydrogen (secondary N) is 1. The van der Waals surface area contributed by atoms with Gasteiger partial charge >= 0.3 is 6.03 Å². The number of carbonyl (C=O) groups is 2. The summed E-state index contributed by atoms with van der Waals surface area (Å²) >= 11 is 0. The van der Waals surface area contributed by atoms with Crippen LogP contribution >= 0.6 is 0 Å². The van der Waals surface area contributed by atoms with Gasteiger partial charge < -0.3 is 11.1 Å². The lowest BCUT2D eigenvalue weighted by Gasteiger charge is -1.99. The molecule has 0 aliphatic heterocycles. The van der Waals surface area contributed by atoms with Crippen LogP contribution in [0.25, 0.3) is 0 Å². The van der Waals surface area contributed by atoms with E-state index in [0.29, 0.717) is 0 Å². The van der Waals surface area contributed by atoms with Crippen molar-refractivity contribution in [2.45, 2.75) is 0 Å². The van der Waals surface area contributed by atoms with Gasteiger partial charge in [0.15, 0.2) is 5.78 Å². The Hall–Kier alpha value is -2.62. The highest BCUT2D eigenvalue weighted by Gasteiger charge is 2.06. The molecule has 0 aromatic heterocycles. The van der Waals surface area contributed by atoms with Crippen LogP contribution in [0.15, 0.2) is 60.7 Å². The summed E-state index contributed by atoms with van der Waals surface area (Å²) < 4.78 is 0. The molecule has 0 atom stereocenters. The van der Waals surface area contributed by atoms with Crippen LogP contribution in [-0.2, 0) is 0 Å². The minimum Gasteiger partial charge on any atom is -0.352 e. The van der Waals surface area contributed by atoms with Gasteiger partial charge in [0.2, 0.25) is 0 Å². The van der Waals surface area contributed by atoms with Crippen LogP contribution < -0.4 is 11.1 Å². The average Bonchev–Trinajstić information content (AvgIpc) is 2.49. The second-order valence-electron chi connectivity index (χ2n) is 3.68. The van der Waals surface area contributed by atoms with Gasteiger partial charge in [-0.2, -0.15) is 0 Å². The Labute approximate surface area is 112 Å². The van der Waals surface area contributed by atoms with Crippen molar-refractivity contribution in [1.29, 1.82) is 0 Å². The summed E-state index contributed by atoms with van der Waals surface area (Å²) in [6, 6.07) is 18.1. The van der Waals surface area contributed by atoms with Crippen LogP contribution in [0, 0.1) is 0 Å². The predicted molar refractivity (Wildman–Crippen MR) is 75.0 cm³/mol. The zero-order chi connectivity index (χ0) is 14.1. The van der Waals surface area contributed by atoms with Gasteiger partial charge in [0, 0.05) is 18.2 Å². The number of benzene rings is 2. The lowest BCUT2D eigenvalue weighted by atomic mass is 10.0. The van der Waals surface area contributed by atoms with E-state index in [0.717, 1.165) is 11.1 Å². The molecule has 0 unspecified atom stereocenters.